The van der Waals surface area contributed by atoms with Gasteiger partial charge in [0, 0.05) is 29.4 Å². The second-order valence-electron chi connectivity index (χ2n) is 8.49. The van der Waals surface area contributed by atoms with Crippen LogP contribution in [-0.4, -0.2) is 22.4 Å². The molecule has 3 rings (SSSR count). The van der Waals surface area contributed by atoms with Gasteiger partial charge in [-0.2, -0.15) is 0 Å². The molecule has 2 aromatic carbocycles. The highest BCUT2D eigenvalue weighted by molar-refractivity contribution is 5.95. The van der Waals surface area contributed by atoms with E-state index in [-0.39, 0.29) is 5.91 Å². The van der Waals surface area contributed by atoms with E-state index in [1.807, 2.05) is 67.6 Å². The fourth-order valence-corrected chi connectivity index (χ4v) is 3.84. The van der Waals surface area contributed by atoms with Gasteiger partial charge in [-0.05, 0) is 31.5 Å². The molecule has 5 heteroatoms. The van der Waals surface area contributed by atoms with Gasteiger partial charge in [0.05, 0.1) is 5.69 Å². The smallest absolute Gasteiger partial charge is 0.251 e. The van der Waals surface area contributed by atoms with Crippen molar-refractivity contribution in [2.75, 3.05) is 11.9 Å². The Hall–Kier alpha value is -3.21. The normalized spacial score (nSPS) is 10.7. The summed E-state index contributed by atoms with van der Waals surface area (Å²) in [7, 11) is 0. The van der Waals surface area contributed by atoms with Crippen molar-refractivity contribution in [3.05, 3.63) is 72.1 Å². The van der Waals surface area contributed by atoms with Crippen LogP contribution in [0.5, 0.6) is 0 Å². The molecule has 0 spiro atoms. The molecular weight excluding hydrogens is 408 g/mol. The molecule has 0 atom stereocenters. The van der Waals surface area contributed by atoms with Crippen LogP contribution < -0.4 is 10.6 Å². The van der Waals surface area contributed by atoms with Crippen molar-refractivity contribution >= 4 is 17.4 Å². The Labute approximate surface area is 198 Å². The zero-order chi connectivity index (χ0) is 23.3. The summed E-state index contributed by atoms with van der Waals surface area (Å²) in [5, 5.41) is 6.37. The minimum Gasteiger partial charge on any atom is -0.352 e. The van der Waals surface area contributed by atoms with Crippen LogP contribution in [0.1, 0.15) is 74.5 Å². The summed E-state index contributed by atoms with van der Waals surface area (Å²) in [6, 6.07) is 19.5. The van der Waals surface area contributed by atoms with Crippen molar-refractivity contribution in [1.82, 2.24) is 15.3 Å². The number of hydrogen-bond acceptors (Lipinski definition) is 4. The molecule has 2 N–H and O–H groups in total. The quantitative estimate of drug-likeness (QED) is 0.277. The maximum absolute atomic E-state index is 12.6. The predicted molar refractivity (Wildman–Crippen MR) is 137 cm³/mol. The third kappa shape index (κ3) is 8.33. The maximum Gasteiger partial charge on any atom is 0.251 e. The first-order valence-electron chi connectivity index (χ1n) is 12.2. The molecule has 0 fully saturated rings. The molecule has 0 aliphatic rings. The van der Waals surface area contributed by atoms with Crippen molar-refractivity contribution in [3.8, 4) is 11.3 Å². The number of nitrogens with one attached hydrogen (secondary N) is 2. The van der Waals surface area contributed by atoms with Crippen LogP contribution in [0.15, 0.2) is 60.7 Å². The van der Waals surface area contributed by atoms with Crippen molar-refractivity contribution < 1.29 is 4.79 Å². The average molecular weight is 445 g/mol. The van der Waals surface area contributed by atoms with Crippen LogP contribution >= 0.6 is 0 Å². The fraction of sp³-hybridized carbons (Fsp3) is 0.393. The highest BCUT2D eigenvalue weighted by Crippen LogP contribution is 2.22. The van der Waals surface area contributed by atoms with E-state index in [9.17, 15) is 4.79 Å². The van der Waals surface area contributed by atoms with Crippen LogP contribution in [0.25, 0.3) is 11.3 Å². The van der Waals surface area contributed by atoms with Gasteiger partial charge in [0.1, 0.15) is 11.6 Å². The van der Waals surface area contributed by atoms with Crippen molar-refractivity contribution in [3.63, 3.8) is 0 Å². The van der Waals surface area contributed by atoms with Crippen LogP contribution in [-0.2, 0) is 0 Å². The third-order valence-corrected chi connectivity index (χ3v) is 5.62. The zero-order valence-electron chi connectivity index (χ0n) is 19.9. The molecule has 1 aromatic heterocycles. The summed E-state index contributed by atoms with van der Waals surface area (Å²) in [6.45, 7) is 4.84. The summed E-state index contributed by atoms with van der Waals surface area (Å²) in [4.78, 5) is 21.6. The van der Waals surface area contributed by atoms with Gasteiger partial charge >= 0.3 is 0 Å². The van der Waals surface area contributed by atoms with Crippen LogP contribution in [0.3, 0.4) is 0 Å². The molecule has 0 saturated heterocycles. The number of unbranched alkanes of at least 4 members (excludes halogenated alkanes) is 7. The van der Waals surface area contributed by atoms with E-state index in [4.69, 9.17) is 0 Å². The zero-order valence-corrected chi connectivity index (χ0v) is 19.9. The topological polar surface area (TPSA) is 66.9 Å². The van der Waals surface area contributed by atoms with Gasteiger partial charge in [-0.3, -0.25) is 4.79 Å². The molecule has 1 amide bonds. The lowest BCUT2D eigenvalue weighted by Crippen LogP contribution is -2.24. The minimum absolute atomic E-state index is 0.0366. The number of anilines is 2. The summed E-state index contributed by atoms with van der Waals surface area (Å²) < 4.78 is 0. The van der Waals surface area contributed by atoms with Crippen molar-refractivity contribution in [1.29, 1.82) is 0 Å². The fourth-order valence-electron chi connectivity index (χ4n) is 3.84. The summed E-state index contributed by atoms with van der Waals surface area (Å²) in [5.74, 6) is 1.36. The summed E-state index contributed by atoms with van der Waals surface area (Å²) >= 11 is 0. The SMILES string of the molecule is CCCCCCCCCCNC(=O)c1cccc(Nc2cc(-c3ccccc3)nc(C)n2)c1. The Balaban J connectivity index is 1.51. The number of rotatable bonds is 13. The first-order valence-corrected chi connectivity index (χ1v) is 12.2. The molecule has 174 valence electrons. The highest BCUT2D eigenvalue weighted by atomic mass is 16.1. The maximum atomic E-state index is 12.6. The van der Waals surface area contributed by atoms with E-state index in [2.05, 4.69) is 27.5 Å². The molecule has 0 aliphatic carbocycles. The van der Waals surface area contributed by atoms with Gasteiger partial charge in [-0.1, -0.05) is 88.3 Å². The molecule has 3 aromatic rings. The second kappa shape index (κ2) is 13.4. The van der Waals surface area contributed by atoms with E-state index in [0.717, 1.165) is 29.9 Å². The molecule has 0 saturated carbocycles. The Kier molecular flexibility index (Phi) is 9.89. The van der Waals surface area contributed by atoms with Gasteiger partial charge in [0.25, 0.3) is 5.91 Å². The number of amides is 1. The van der Waals surface area contributed by atoms with Crippen molar-refractivity contribution in [2.24, 2.45) is 0 Å². The van der Waals surface area contributed by atoms with Crippen LogP contribution in [0.4, 0.5) is 11.5 Å². The lowest BCUT2D eigenvalue weighted by atomic mass is 10.1. The van der Waals surface area contributed by atoms with E-state index in [0.29, 0.717) is 17.2 Å². The number of nitrogens with zero attached hydrogens (tertiary/aromatic N) is 2. The van der Waals surface area contributed by atoms with Gasteiger partial charge in [0.15, 0.2) is 0 Å². The van der Waals surface area contributed by atoms with Crippen LogP contribution in [0, 0.1) is 6.92 Å². The first-order chi connectivity index (χ1) is 16.2. The third-order valence-electron chi connectivity index (χ3n) is 5.62. The molecule has 0 radical (unpaired) electrons. The number of carbonyl (C=O) groups excluding carboxylic acids is 1. The average Bonchev–Trinajstić information content (AvgIpc) is 2.83. The van der Waals surface area contributed by atoms with E-state index < -0.39 is 0 Å². The molecule has 0 unspecified atom stereocenters. The highest BCUT2D eigenvalue weighted by Gasteiger charge is 2.08. The molecule has 1 heterocycles. The second-order valence-corrected chi connectivity index (χ2v) is 8.49. The number of carbonyl (C=O) groups is 1. The molecule has 5 nitrogen and oxygen atoms in total. The lowest BCUT2D eigenvalue weighted by Gasteiger charge is -2.11. The van der Waals surface area contributed by atoms with Gasteiger partial charge in [-0.15, -0.1) is 0 Å². The lowest BCUT2D eigenvalue weighted by molar-refractivity contribution is 0.0953. The Morgan fingerprint density at radius 3 is 2.30 bits per heavy atom. The minimum atomic E-state index is -0.0366. The predicted octanol–water partition coefficient (Wildman–Crippen LogP) is 7.07. The Morgan fingerprint density at radius 1 is 0.818 bits per heavy atom. The van der Waals surface area contributed by atoms with Gasteiger partial charge in [-0.25, -0.2) is 9.97 Å². The van der Waals surface area contributed by atoms with Gasteiger partial charge < -0.3 is 10.6 Å². The molecular formula is C28H36N4O. The van der Waals surface area contributed by atoms with Crippen molar-refractivity contribution in [2.45, 2.75) is 65.2 Å². The molecule has 0 bridgehead atoms. The largest absolute Gasteiger partial charge is 0.352 e. The first kappa shape index (κ1) is 24.4. The number of benzene rings is 2. The summed E-state index contributed by atoms with van der Waals surface area (Å²) in [5.41, 5.74) is 3.38. The van der Waals surface area contributed by atoms with E-state index >= 15 is 0 Å². The Morgan fingerprint density at radius 2 is 1.55 bits per heavy atom. The summed E-state index contributed by atoms with van der Waals surface area (Å²) in [6.07, 6.45) is 10.1. The monoisotopic (exact) mass is 444 g/mol. The van der Waals surface area contributed by atoms with Crippen LogP contribution in [0.2, 0.25) is 0 Å². The van der Waals surface area contributed by atoms with Gasteiger partial charge in [0.2, 0.25) is 0 Å². The van der Waals surface area contributed by atoms with E-state index in [1.165, 1.54) is 44.9 Å². The van der Waals surface area contributed by atoms with E-state index in [1.54, 1.807) is 0 Å². The number of aromatic nitrogens is 2. The molecule has 0 aliphatic heterocycles. The standard InChI is InChI=1S/C28H36N4O/c1-3-4-5-6-7-8-9-13-19-29-28(33)24-17-14-18-25(20-24)32-27-21-26(30-22(2)31-27)23-15-11-10-12-16-23/h10-12,14-18,20-21H,3-9,13,19H2,1-2H3,(H,29,33)(H,30,31,32). The molecule has 33 heavy (non-hydrogen) atoms. The Bertz CT molecular complexity index is 1000. The number of aryl methyl sites for hydroxylation is 1. The number of hydrogen-bond donors (Lipinski definition) is 2.